The second-order valence-electron chi connectivity index (χ2n) is 5.48. The number of benzene rings is 3. The van der Waals surface area contributed by atoms with Crippen LogP contribution in [0.2, 0.25) is 0 Å². The summed E-state index contributed by atoms with van der Waals surface area (Å²) in [6.45, 7) is 0. The average Bonchev–Trinajstić information content (AvgIpc) is 3.01. The zero-order valence-electron chi connectivity index (χ0n) is 13.1. The van der Waals surface area contributed by atoms with E-state index < -0.39 is 4.92 Å². The fourth-order valence-electron chi connectivity index (χ4n) is 2.65. The van der Waals surface area contributed by atoms with Gasteiger partial charge in [-0.1, -0.05) is 42.1 Å². The molecule has 0 bridgehead atoms. The maximum Gasteiger partial charge on any atom is 0.269 e. The molecule has 0 aliphatic carbocycles. The topological polar surface area (TPSA) is 56.3 Å². The van der Waals surface area contributed by atoms with Crippen molar-refractivity contribution in [3.05, 3.63) is 89.0 Å². The van der Waals surface area contributed by atoms with E-state index in [1.54, 1.807) is 23.9 Å². The van der Waals surface area contributed by atoms with Gasteiger partial charge in [-0.15, -0.1) is 0 Å². The third-order valence-corrected chi connectivity index (χ3v) is 4.97. The molecular formula is C20H13NO3S. The number of hydrogen-bond donors (Lipinski definition) is 0. The molecule has 0 radical (unpaired) electrons. The Morgan fingerprint density at radius 3 is 2.24 bits per heavy atom. The lowest BCUT2D eigenvalue weighted by atomic mass is 10.1. The van der Waals surface area contributed by atoms with E-state index >= 15 is 0 Å². The number of hydrogen-bond acceptors (Lipinski definition) is 4. The molecular weight excluding hydrogens is 334 g/mol. The van der Waals surface area contributed by atoms with Crippen LogP contribution in [0.1, 0.15) is 0 Å². The summed E-state index contributed by atoms with van der Waals surface area (Å²) in [7, 11) is 0. The molecule has 5 heteroatoms. The van der Waals surface area contributed by atoms with Gasteiger partial charge in [0.2, 0.25) is 0 Å². The lowest BCUT2D eigenvalue weighted by molar-refractivity contribution is -0.384. The van der Waals surface area contributed by atoms with Crippen LogP contribution in [0.5, 0.6) is 0 Å². The molecule has 0 spiro atoms. The van der Waals surface area contributed by atoms with Gasteiger partial charge in [-0.05, 0) is 36.4 Å². The third kappa shape index (κ3) is 3.02. The molecule has 3 aromatic carbocycles. The largest absolute Gasteiger partial charge is 0.455 e. The summed E-state index contributed by atoms with van der Waals surface area (Å²) in [5.41, 5.74) is 1.69. The summed E-state index contributed by atoms with van der Waals surface area (Å²) in [4.78, 5) is 12.6. The molecule has 1 aromatic heterocycles. The van der Waals surface area contributed by atoms with Crippen LogP contribution in [0.3, 0.4) is 0 Å². The summed E-state index contributed by atoms with van der Waals surface area (Å²) in [5.74, 6) is 0.727. The summed E-state index contributed by atoms with van der Waals surface area (Å²) in [5, 5.41) is 11.9. The van der Waals surface area contributed by atoms with Crippen LogP contribution in [-0.4, -0.2) is 4.92 Å². The second kappa shape index (κ2) is 6.45. The molecule has 122 valence electrons. The lowest BCUT2D eigenvalue weighted by Gasteiger charge is -2.03. The van der Waals surface area contributed by atoms with E-state index in [1.165, 1.54) is 12.1 Å². The second-order valence-corrected chi connectivity index (χ2v) is 6.56. The van der Waals surface area contributed by atoms with E-state index in [4.69, 9.17) is 4.42 Å². The fourth-order valence-corrected chi connectivity index (χ4v) is 3.71. The highest BCUT2D eigenvalue weighted by atomic mass is 32.2. The van der Waals surface area contributed by atoms with Gasteiger partial charge in [0.25, 0.3) is 5.69 Å². The normalized spacial score (nSPS) is 10.9. The van der Waals surface area contributed by atoms with Crippen molar-refractivity contribution in [2.75, 3.05) is 0 Å². The number of furan rings is 1. The Morgan fingerprint density at radius 1 is 0.840 bits per heavy atom. The highest BCUT2D eigenvalue weighted by Crippen LogP contribution is 2.43. The Labute approximate surface area is 148 Å². The lowest BCUT2D eigenvalue weighted by Crippen LogP contribution is -1.87. The number of fused-ring (bicyclic) bond motifs is 1. The zero-order chi connectivity index (χ0) is 17.2. The van der Waals surface area contributed by atoms with E-state index in [0.717, 1.165) is 32.1 Å². The van der Waals surface area contributed by atoms with Crippen LogP contribution in [0.25, 0.3) is 22.3 Å². The Morgan fingerprint density at radius 2 is 1.52 bits per heavy atom. The average molecular weight is 347 g/mol. The predicted octanol–water partition coefficient (Wildman–Crippen LogP) is 6.16. The SMILES string of the molecule is O=[N+]([O-])c1ccc(-c2oc3ccccc3c2Sc2ccccc2)cc1. The van der Waals surface area contributed by atoms with Gasteiger partial charge in [0, 0.05) is 28.0 Å². The van der Waals surface area contributed by atoms with Crippen LogP contribution >= 0.6 is 11.8 Å². The smallest absolute Gasteiger partial charge is 0.269 e. The molecule has 0 N–H and O–H groups in total. The number of nitrogens with zero attached hydrogens (tertiary/aromatic N) is 1. The molecule has 0 saturated heterocycles. The highest BCUT2D eigenvalue weighted by molar-refractivity contribution is 7.99. The first kappa shape index (κ1) is 15.5. The Kier molecular flexibility index (Phi) is 3.99. The molecule has 0 aliphatic heterocycles. The first-order valence-electron chi connectivity index (χ1n) is 7.71. The van der Waals surface area contributed by atoms with Gasteiger partial charge in [0.1, 0.15) is 11.3 Å². The van der Waals surface area contributed by atoms with Crippen molar-refractivity contribution < 1.29 is 9.34 Å². The van der Waals surface area contributed by atoms with Crippen LogP contribution in [0, 0.1) is 10.1 Å². The molecule has 4 rings (SSSR count). The molecule has 0 aliphatic rings. The third-order valence-electron chi connectivity index (χ3n) is 3.85. The summed E-state index contributed by atoms with van der Waals surface area (Å²) in [6, 6.07) is 24.4. The van der Waals surface area contributed by atoms with Crippen molar-refractivity contribution in [1.29, 1.82) is 0 Å². The van der Waals surface area contributed by atoms with Crippen molar-refractivity contribution in [1.82, 2.24) is 0 Å². The van der Waals surface area contributed by atoms with E-state index in [9.17, 15) is 10.1 Å². The molecule has 0 unspecified atom stereocenters. The molecule has 4 aromatic rings. The molecule has 4 nitrogen and oxygen atoms in total. The molecule has 0 atom stereocenters. The van der Waals surface area contributed by atoms with E-state index in [1.807, 2.05) is 54.6 Å². The zero-order valence-corrected chi connectivity index (χ0v) is 13.9. The Balaban J connectivity index is 1.85. The minimum Gasteiger partial charge on any atom is -0.455 e. The molecule has 0 amide bonds. The van der Waals surface area contributed by atoms with E-state index in [2.05, 4.69) is 0 Å². The van der Waals surface area contributed by atoms with Crippen LogP contribution in [-0.2, 0) is 0 Å². The molecule has 0 fully saturated rings. The van der Waals surface area contributed by atoms with Crippen LogP contribution in [0.15, 0.2) is 93.1 Å². The van der Waals surface area contributed by atoms with Gasteiger partial charge >= 0.3 is 0 Å². The summed E-state index contributed by atoms with van der Waals surface area (Å²) < 4.78 is 6.07. The van der Waals surface area contributed by atoms with Gasteiger partial charge in [0.05, 0.1) is 9.82 Å². The van der Waals surface area contributed by atoms with Gasteiger partial charge in [-0.3, -0.25) is 10.1 Å². The monoisotopic (exact) mass is 347 g/mol. The molecule has 25 heavy (non-hydrogen) atoms. The minimum absolute atomic E-state index is 0.0668. The van der Waals surface area contributed by atoms with Crippen molar-refractivity contribution in [2.45, 2.75) is 9.79 Å². The predicted molar refractivity (Wildman–Crippen MR) is 98.9 cm³/mol. The van der Waals surface area contributed by atoms with Gasteiger partial charge in [-0.2, -0.15) is 0 Å². The van der Waals surface area contributed by atoms with Crippen LogP contribution in [0.4, 0.5) is 5.69 Å². The van der Waals surface area contributed by atoms with Crippen LogP contribution < -0.4 is 0 Å². The van der Waals surface area contributed by atoms with Crippen molar-refractivity contribution >= 4 is 28.4 Å². The first-order chi connectivity index (χ1) is 12.2. The Bertz CT molecular complexity index is 1040. The number of nitro groups is 1. The quantitative estimate of drug-likeness (QED) is 0.328. The fraction of sp³-hybridized carbons (Fsp3) is 0. The maximum absolute atomic E-state index is 10.9. The minimum atomic E-state index is -0.401. The van der Waals surface area contributed by atoms with Gasteiger partial charge in [-0.25, -0.2) is 0 Å². The summed E-state index contributed by atoms with van der Waals surface area (Å²) in [6.07, 6.45) is 0. The van der Waals surface area contributed by atoms with Crippen molar-refractivity contribution in [3.63, 3.8) is 0 Å². The number of non-ortho nitro benzene ring substituents is 1. The van der Waals surface area contributed by atoms with E-state index in [0.29, 0.717) is 0 Å². The van der Waals surface area contributed by atoms with Gasteiger partial charge in [0.15, 0.2) is 0 Å². The number of nitro benzene ring substituents is 1. The highest BCUT2D eigenvalue weighted by Gasteiger charge is 2.17. The van der Waals surface area contributed by atoms with Crippen molar-refractivity contribution in [2.24, 2.45) is 0 Å². The first-order valence-corrected chi connectivity index (χ1v) is 8.53. The number of para-hydroxylation sites is 1. The standard InChI is InChI=1S/C20H13NO3S/c22-21(23)15-12-10-14(11-13-15)19-20(25-16-6-2-1-3-7-16)17-8-4-5-9-18(17)24-19/h1-13H. The molecule has 0 saturated carbocycles. The maximum atomic E-state index is 10.9. The van der Waals surface area contributed by atoms with E-state index in [-0.39, 0.29) is 5.69 Å². The van der Waals surface area contributed by atoms with Crippen molar-refractivity contribution in [3.8, 4) is 11.3 Å². The Hall–Kier alpha value is -3.05. The number of rotatable bonds is 4. The summed E-state index contributed by atoms with van der Waals surface area (Å²) >= 11 is 1.63. The molecule has 1 heterocycles. The van der Waals surface area contributed by atoms with Gasteiger partial charge < -0.3 is 4.42 Å².